The van der Waals surface area contributed by atoms with Gasteiger partial charge in [0, 0.05) is 19.7 Å². The maximum Gasteiger partial charge on any atom is 0.118 e. The van der Waals surface area contributed by atoms with Gasteiger partial charge in [0.15, 0.2) is 0 Å². The molecule has 0 unspecified atom stereocenters. The van der Waals surface area contributed by atoms with Crippen molar-refractivity contribution in [1.82, 2.24) is 9.88 Å². The first-order chi connectivity index (χ1) is 13.5. The average molecular weight is 411 g/mol. The Morgan fingerprint density at radius 3 is 1.86 bits per heavy atom. The predicted molar refractivity (Wildman–Crippen MR) is 121 cm³/mol. The lowest BCUT2D eigenvalue weighted by Crippen LogP contribution is -2.21. The van der Waals surface area contributed by atoms with Gasteiger partial charge in [-0.25, -0.2) is 0 Å². The lowest BCUT2D eigenvalue weighted by Gasteiger charge is -2.20. The molecule has 0 saturated heterocycles. The van der Waals surface area contributed by atoms with E-state index in [2.05, 4.69) is 5.32 Å². The number of aromatic nitrogens is 1. The number of ether oxygens (including phenoxy) is 2. The zero-order valence-electron chi connectivity index (χ0n) is 16.3. The first-order valence-corrected chi connectivity index (χ1v) is 9.56. The van der Waals surface area contributed by atoms with Crippen molar-refractivity contribution >= 4 is 29.4 Å². The number of nitrogens with one attached hydrogen (secondary N) is 1. The van der Waals surface area contributed by atoms with Crippen LogP contribution in [0.15, 0.2) is 54.6 Å². The summed E-state index contributed by atoms with van der Waals surface area (Å²) in [6.45, 7) is 0. The van der Waals surface area contributed by atoms with Crippen LogP contribution in [0.1, 0.15) is 5.56 Å². The van der Waals surface area contributed by atoms with E-state index in [0.29, 0.717) is 4.99 Å². The molecule has 0 spiro atoms. The molecule has 3 aromatic rings. The molecule has 3 rings (SSSR count). The number of thiocarbonyl (C=S) groups is 1. The summed E-state index contributed by atoms with van der Waals surface area (Å²) >= 11 is 11.3. The van der Waals surface area contributed by atoms with Crippen LogP contribution >= 0.6 is 24.4 Å². The molecule has 28 heavy (non-hydrogen) atoms. The second-order valence-electron chi connectivity index (χ2n) is 6.22. The van der Waals surface area contributed by atoms with Crippen molar-refractivity contribution in [1.29, 1.82) is 0 Å². The third-order valence-corrected chi connectivity index (χ3v) is 5.46. The fourth-order valence-corrected chi connectivity index (χ4v) is 3.55. The number of pyridine rings is 1. The van der Waals surface area contributed by atoms with Gasteiger partial charge in [-0.15, -0.1) is 0 Å². The molecule has 1 aromatic heterocycles. The standard InChI is InChI=1S/C22H22N2O2S2/c1-23-22(28)20-18(14-5-9-16(25-3)10-6-14)13-19(27)24(2)21(20)15-7-11-17(26-4)12-8-15/h5-13H,1-4H3,(H,23,28). The fourth-order valence-electron chi connectivity index (χ4n) is 3.14. The lowest BCUT2D eigenvalue weighted by atomic mass is 9.95. The SMILES string of the molecule is CNC(=S)c1c(-c2ccc(OC)cc2)cc(=S)n(C)c1-c1ccc(OC)cc1. The molecule has 144 valence electrons. The molecule has 0 aliphatic carbocycles. The molecule has 1 heterocycles. The van der Waals surface area contributed by atoms with Crippen LogP contribution in [0.2, 0.25) is 0 Å². The van der Waals surface area contributed by atoms with E-state index in [1.807, 2.05) is 73.3 Å². The van der Waals surface area contributed by atoms with Gasteiger partial charge in [0.2, 0.25) is 0 Å². The Hall–Kier alpha value is -2.70. The molecule has 0 fully saturated rings. The normalized spacial score (nSPS) is 10.4. The number of hydrogen-bond acceptors (Lipinski definition) is 4. The highest BCUT2D eigenvalue weighted by Gasteiger charge is 2.19. The smallest absolute Gasteiger partial charge is 0.118 e. The zero-order chi connectivity index (χ0) is 20.3. The Labute approximate surface area is 175 Å². The van der Waals surface area contributed by atoms with Gasteiger partial charge in [0.1, 0.15) is 21.1 Å². The summed E-state index contributed by atoms with van der Waals surface area (Å²) in [5.41, 5.74) is 4.91. The summed E-state index contributed by atoms with van der Waals surface area (Å²) in [4.78, 5) is 0.655. The van der Waals surface area contributed by atoms with Gasteiger partial charge in [-0.2, -0.15) is 0 Å². The molecular formula is C22H22N2O2S2. The highest BCUT2D eigenvalue weighted by atomic mass is 32.1. The highest BCUT2D eigenvalue weighted by Crippen LogP contribution is 2.34. The summed E-state index contributed by atoms with van der Waals surface area (Å²) < 4.78 is 13.3. The number of hydrogen-bond donors (Lipinski definition) is 1. The molecule has 0 aliphatic rings. The first kappa shape index (κ1) is 20.0. The summed E-state index contributed by atoms with van der Waals surface area (Å²) in [7, 11) is 7.10. The zero-order valence-corrected chi connectivity index (χ0v) is 17.9. The van der Waals surface area contributed by atoms with Crippen LogP contribution in [-0.4, -0.2) is 30.8 Å². The summed E-state index contributed by atoms with van der Waals surface area (Å²) in [6, 6.07) is 17.8. The van der Waals surface area contributed by atoms with E-state index in [0.717, 1.165) is 44.1 Å². The van der Waals surface area contributed by atoms with Crippen LogP contribution in [0.3, 0.4) is 0 Å². The molecule has 0 radical (unpaired) electrons. The number of benzene rings is 2. The van der Waals surface area contributed by atoms with Gasteiger partial charge in [-0.05, 0) is 59.2 Å². The Balaban J connectivity index is 2.32. The molecule has 1 N–H and O–H groups in total. The maximum absolute atomic E-state index is 5.69. The highest BCUT2D eigenvalue weighted by molar-refractivity contribution is 7.80. The number of nitrogens with zero attached hydrogens (tertiary/aromatic N) is 1. The maximum atomic E-state index is 5.69. The molecule has 4 nitrogen and oxygen atoms in total. The van der Waals surface area contributed by atoms with Gasteiger partial charge < -0.3 is 19.4 Å². The molecular weight excluding hydrogens is 388 g/mol. The van der Waals surface area contributed by atoms with Crippen molar-refractivity contribution in [2.45, 2.75) is 0 Å². The van der Waals surface area contributed by atoms with Crippen LogP contribution < -0.4 is 14.8 Å². The molecule has 2 aromatic carbocycles. The summed E-state index contributed by atoms with van der Waals surface area (Å²) in [6.07, 6.45) is 0. The van der Waals surface area contributed by atoms with Gasteiger partial charge in [-0.1, -0.05) is 36.6 Å². The molecule has 0 amide bonds. The van der Waals surface area contributed by atoms with Crippen LogP contribution in [0.25, 0.3) is 22.4 Å². The van der Waals surface area contributed by atoms with E-state index in [9.17, 15) is 0 Å². The van der Waals surface area contributed by atoms with Crippen molar-refractivity contribution < 1.29 is 9.47 Å². The van der Waals surface area contributed by atoms with Gasteiger partial charge in [-0.3, -0.25) is 0 Å². The Kier molecular flexibility index (Phi) is 6.11. The van der Waals surface area contributed by atoms with E-state index in [-0.39, 0.29) is 0 Å². The number of methoxy groups -OCH3 is 2. The van der Waals surface area contributed by atoms with Gasteiger partial charge in [0.05, 0.1) is 19.9 Å². The number of rotatable bonds is 5. The van der Waals surface area contributed by atoms with Gasteiger partial charge >= 0.3 is 0 Å². The van der Waals surface area contributed by atoms with Crippen LogP contribution in [-0.2, 0) is 7.05 Å². The molecule has 0 saturated carbocycles. The average Bonchev–Trinajstić information content (AvgIpc) is 2.74. The Morgan fingerprint density at radius 1 is 0.893 bits per heavy atom. The minimum absolute atomic E-state index is 0.655. The lowest BCUT2D eigenvalue weighted by molar-refractivity contribution is 0.415. The van der Waals surface area contributed by atoms with Crippen LogP contribution in [0.4, 0.5) is 0 Å². The van der Waals surface area contributed by atoms with Crippen LogP contribution in [0, 0.1) is 4.64 Å². The van der Waals surface area contributed by atoms with Gasteiger partial charge in [0.25, 0.3) is 0 Å². The van der Waals surface area contributed by atoms with E-state index < -0.39 is 0 Å². The van der Waals surface area contributed by atoms with E-state index in [4.69, 9.17) is 33.9 Å². The van der Waals surface area contributed by atoms with E-state index >= 15 is 0 Å². The minimum atomic E-state index is 0.655. The molecule has 0 bridgehead atoms. The fraction of sp³-hybridized carbons (Fsp3) is 0.182. The minimum Gasteiger partial charge on any atom is -0.497 e. The first-order valence-electron chi connectivity index (χ1n) is 8.75. The third kappa shape index (κ3) is 3.79. The predicted octanol–water partition coefficient (Wildman–Crippen LogP) is 5.00. The van der Waals surface area contributed by atoms with Crippen LogP contribution in [0.5, 0.6) is 11.5 Å². The topological polar surface area (TPSA) is 35.4 Å². The Bertz CT molecular complexity index is 1060. The monoisotopic (exact) mass is 410 g/mol. The molecule has 0 atom stereocenters. The van der Waals surface area contributed by atoms with Crippen molar-refractivity contribution in [3.8, 4) is 33.9 Å². The summed E-state index contributed by atoms with van der Waals surface area (Å²) in [5.74, 6) is 1.60. The quantitative estimate of drug-likeness (QED) is 0.599. The van der Waals surface area contributed by atoms with Crippen molar-refractivity contribution in [2.75, 3.05) is 21.3 Å². The second kappa shape index (κ2) is 8.54. The van der Waals surface area contributed by atoms with Crippen molar-refractivity contribution in [3.63, 3.8) is 0 Å². The second-order valence-corrected chi connectivity index (χ2v) is 7.04. The molecule has 0 aliphatic heterocycles. The molecule has 6 heteroatoms. The van der Waals surface area contributed by atoms with Crippen molar-refractivity contribution in [3.05, 3.63) is 64.8 Å². The third-order valence-electron chi connectivity index (χ3n) is 4.66. The summed E-state index contributed by atoms with van der Waals surface area (Å²) in [5, 5.41) is 3.13. The van der Waals surface area contributed by atoms with E-state index in [1.165, 1.54) is 0 Å². The van der Waals surface area contributed by atoms with E-state index in [1.54, 1.807) is 14.2 Å². The van der Waals surface area contributed by atoms with Crippen molar-refractivity contribution in [2.24, 2.45) is 7.05 Å². The Morgan fingerprint density at radius 2 is 1.39 bits per heavy atom. The largest absolute Gasteiger partial charge is 0.497 e.